The van der Waals surface area contributed by atoms with Gasteiger partial charge < -0.3 is 4.90 Å². The van der Waals surface area contributed by atoms with E-state index in [0.29, 0.717) is 19.5 Å². The summed E-state index contributed by atoms with van der Waals surface area (Å²) in [4.78, 5) is 28.9. The quantitative estimate of drug-likeness (QED) is 0.788. The second-order valence-corrected chi connectivity index (χ2v) is 6.54. The van der Waals surface area contributed by atoms with Crippen LogP contribution < -0.4 is 0 Å². The van der Waals surface area contributed by atoms with Crippen LogP contribution in [0.3, 0.4) is 0 Å². The molecule has 4 nitrogen and oxygen atoms in total. The molecule has 1 saturated heterocycles. The molecule has 2 aromatic rings. The maximum Gasteiger partial charge on any atom is 0.253 e. The number of benzene rings is 2. The zero-order valence-electron chi connectivity index (χ0n) is 14.6. The molecular formula is C21H24N2O2. The number of amides is 1. The molecule has 1 aliphatic rings. The first kappa shape index (κ1) is 17.4. The minimum Gasteiger partial charge on any atom is -0.336 e. The smallest absolute Gasteiger partial charge is 0.253 e. The van der Waals surface area contributed by atoms with Crippen molar-refractivity contribution in [1.29, 1.82) is 0 Å². The van der Waals surface area contributed by atoms with E-state index < -0.39 is 0 Å². The van der Waals surface area contributed by atoms with Gasteiger partial charge in [0, 0.05) is 50.3 Å². The van der Waals surface area contributed by atoms with Crippen molar-refractivity contribution in [1.82, 2.24) is 9.80 Å². The Morgan fingerprint density at radius 3 is 2.12 bits per heavy atom. The molecule has 130 valence electrons. The van der Waals surface area contributed by atoms with Crippen LogP contribution in [0.15, 0.2) is 54.6 Å². The molecule has 1 heterocycles. The second kappa shape index (κ2) is 8.08. The summed E-state index contributed by atoms with van der Waals surface area (Å²) in [6.45, 7) is 5.84. The Kier molecular flexibility index (Phi) is 5.61. The minimum atomic E-state index is 0.0972. The maximum atomic E-state index is 12.5. The summed E-state index contributed by atoms with van der Waals surface area (Å²) in [5.74, 6) is 0.277. The van der Waals surface area contributed by atoms with Crippen molar-refractivity contribution >= 4 is 11.7 Å². The second-order valence-electron chi connectivity index (χ2n) is 6.54. The third-order valence-electron chi connectivity index (χ3n) is 4.71. The van der Waals surface area contributed by atoms with Gasteiger partial charge >= 0.3 is 0 Å². The van der Waals surface area contributed by atoms with Crippen LogP contribution in [-0.4, -0.2) is 54.2 Å². The largest absolute Gasteiger partial charge is 0.336 e. The van der Waals surface area contributed by atoms with Crippen LogP contribution >= 0.6 is 0 Å². The lowest BCUT2D eigenvalue weighted by atomic mass is 10.1. The summed E-state index contributed by atoms with van der Waals surface area (Å²) >= 11 is 0. The van der Waals surface area contributed by atoms with E-state index in [2.05, 4.69) is 4.90 Å². The van der Waals surface area contributed by atoms with Gasteiger partial charge in [0.25, 0.3) is 5.91 Å². The normalized spacial score (nSPS) is 15.2. The third-order valence-corrected chi connectivity index (χ3v) is 4.71. The Labute approximate surface area is 149 Å². The Hall–Kier alpha value is -2.46. The number of Topliss-reactive ketones (excluding diaryl/α,β-unsaturated/α-hetero) is 1. The van der Waals surface area contributed by atoms with Crippen LogP contribution in [0.2, 0.25) is 0 Å². The molecule has 0 saturated carbocycles. The van der Waals surface area contributed by atoms with Crippen LogP contribution in [0.5, 0.6) is 0 Å². The molecule has 25 heavy (non-hydrogen) atoms. The topological polar surface area (TPSA) is 40.6 Å². The Balaban J connectivity index is 1.46. The SMILES string of the molecule is Cc1ccc(C(=O)N2CCN(CCC(=O)c3ccccc3)CC2)cc1. The first-order valence-electron chi connectivity index (χ1n) is 8.80. The van der Waals surface area contributed by atoms with Gasteiger partial charge in [-0.3, -0.25) is 14.5 Å². The zero-order valence-corrected chi connectivity index (χ0v) is 14.6. The van der Waals surface area contributed by atoms with E-state index in [-0.39, 0.29) is 11.7 Å². The number of hydrogen-bond donors (Lipinski definition) is 0. The maximum absolute atomic E-state index is 12.5. The Morgan fingerprint density at radius 1 is 0.840 bits per heavy atom. The molecular weight excluding hydrogens is 312 g/mol. The lowest BCUT2D eigenvalue weighted by Crippen LogP contribution is -2.49. The van der Waals surface area contributed by atoms with Gasteiger partial charge in [-0.15, -0.1) is 0 Å². The highest BCUT2D eigenvalue weighted by Gasteiger charge is 2.22. The Bertz CT molecular complexity index is 717. The van der Waals surface area contributed by atoms with E-state index in [0.717, 1.165) is 36.3 Å². The number of ketones is 1. The van der Waals surface area contributed by atoms with Gasteiger partial charge in [0.05, 0.1) is 0 Å². The fourth-order valence-corrected chi connectivity index (χ4v) is 3.08. The van der Waals surface area contributed by atoms with Crippen molar-refractivity contribution in [3.63, 3.8) is 0 Å². The molecule has 0 aromatic heterocycles. The van der Waals surface area contributed by atoms with Crippen molar-refractivity contribution in [3.8, 4) is 0 Å². The van der Waals surface area contributed by atoms with Crippen molar-refractivity contribution < 1.29 is 9.59 Å². The molecule has 0 bridgehead atoms. The summed E-state index contributed by atoms with van der Waals surface area (Å²) in [5, 5.41) is 0. The highest BCUT2D eigenvalue weighted by Crippen LogP contribution is 2.11. The first-order valence-corrected chi connectivity index (χ1v) is 8.80. The molecule has 1 fully saturated rings. The predicted octanol–water partition coefficient (Wildman–Crippen LogP) is 3.03. The van der Waals surface area contributed by atoms with Crippen molar-refractivity contribution in [3.05, 3.63) is 71.3 Å². The monoisotopic (exact) mass is 336 g/mol. The molecule has 3 rings (SSSR count). The molecule has 0 atom stereocenters. The van der Waals surface area contributed by atoms with E-state index in [1.807, 2.05) is 66.4 Å². The summed E-state index contributed by atoms with van der Waals surface area (Å²) in [5.41, 5.74) is 2.68. The predicted molar refractivity (Wildman–Crippen MR) is 98.9 cm³/mol. The first-order chi connectivity index (χ1) is 12.1. The fourth-order valence-electron chi connectivity index (χ4n) is 3.08. The van der Waals surface area contributed by atoms with E-state index in [4.69, 9.17) is 0 Å². The lowest BCUT2D eigenvalue weighted by Gasteiger charge is -2.34. The highest BCUT2D eigenvalue weighted by molar-refractivity contribution is 5.96. The van der Waals surface area contributed by atoms with Gasteiger partial charge in [-0.2, -0.15) is 0 Å². The molecule has 0 unspecified atom stereocenters. The lowest BCUT2D eigenvalue weighted by molar-refractivity contribution is 0.0628. The molecule has 0 N–H and O–H groups in total. The summed E-state index contributed by atoms with van der Waals surface area (Å²) in [6.07, 6.45) is 0.524. The molecule has 0 aliphatic carbocycles. The summed E-state index contributed by atoms with van der Waals surface area (Å²) in [6, 6.07) is 17.1. The van der Waals surface area contributed by atoms with E-state index in [9.17, 15) is 9.59 Å². The number of piperazine rings is 1. The van der Waals surface area contributed by atoms with Gasteiger partial charge in [0.1, 0.15) is 0 Å². The van der Waals surface area contributed by atoms with Crippen molar-refractivity contribution in [2.75, 3.05) is 32.7 Å². The molecule has 1 amide bonds. The average Bonchev–Trinajstić information content (AvgIpc) is 2.67. The standard InChI is InChI=1S/C21H24N2O2/c1-17-7-9-19(10-8-17)21(25)23-15-13-22(14-16-23)12-11-20(24)18-5-3-2-4-6-18/h2-10H,11-16H2,1H3. The fraction of sp³-hybridized carbons (Fsp3) is 0.333. The number of nitrogens with zero attached hydrogens (tertiary/aromatic N) is 2. The van der Waals surface area contributed by atoms with Crippen LogP contribution in [0.1, 0.15) is 32.7 Å². The van der Waals surface area contributed by atoms with Crippen LogP contribution in [0.4, 0.5) is 0 Å². The number of carbonyl (C=O) groups is 2. The number of hydrogen-bond acceptors (Lipinski definition) is 3. The van der Waals surface area contributed by atoms with Crippen LogP contribution in [0, 0.1) is 6.92 Å². The minimum absolute atomic E-state index is 0.0972. The van der Waals surface area contributed by atoms with Crippen molar-refractivity contribution in [2.45, 2.75) is 13.3 Å². The average molecular weight is 336 g/mol. The molecule has 4 heteroatoms. The van der Waals surface area contributed by atoms with Crippen LogP contribution in [0.25, 0.3) is 0 Å². The molecule has 2 aromatic carbocycles. The number of carbonyl (C=O) groups excluding carboxylic acids is 2. The van der Waals surface area contributed by atoms with E-state index in [1.54, 1.807) is 0 Å². The zero-order chi connectivity index (χ0) is 17.6. The highest BCUT2D eigenvalue weighted by atomic mass is 16.2. The molecule has 0 radical (unpaired) electrons. The third kappa shape index (κ3) is 4.54. The van der Waals surface area contributed by atoms with Gasteiger partial charge in [-0.25, -0.2) is 0 Å². The number of rotatable bonds is 5. The summed E-state index contributed by atoms with van der Waals surface area (Å²) in [7, 11) is 0. The van der Waals surface area contributed by atoms with Crippen LogP contribution in [-0.2, 0) is 0 Å². The molecule has 0 spiro atoms. The van der Waals surface area contributed by atoms with Gasteiger partial charge in [0.15, 0.2) is 5.78 Å². The number of aryl methyl sites for hydroxylation is 1. The Morgan fingerprint density at radius 2 is 1.48 bits per heavy atom. The van der Waals surface area contributed by atoms with Gasteiger partial charge in [-0.05, 0) is 19.1 Å². The molecule has 1 aliphatic heterocycles. The van der Waals surface area contributed by atoms with Crippen molar-refractivity contribution in [2.24, 2.45) is 0 Å². The van der Waals surface area contributed by atoms with E-state index in [1.165, 1.54) is 0 Å². The summed E-state index contributed by atoms with van der Waals surface area (Å²) < 4.78 is 0. The van der Waals surface area contributed by atoms with E-state index >= 15 is 0 Å². The van der Waals surface area contributed by atoms with Gasteiger partial charge in [0.2, 0.25) is 0 Å². The van der Waals surface area contributed by atoms with Gasteiger partial charge in [-0.1, -0.05) is 48.0 Å².